The minimum atomic E-state index is -0.532. The number of carbonyl (C=O) groups is 2. The van der Waals surface area contributed by atoms with Gasteiger partial charge in [0.15, 0.2) is 0 Å². The average Bonchev–Trinajstić information content (AvgIpc) is 3.33. The van der Waals surface area contributed by atoms with Gasteiger partial charge in [0.05, 0.1) is 12.0 Å². The van der Waals surface area contributed by atoms with Crippen molar-refractivity contribution in [3.8, 4) is 0 Å². The molecule has 5 nitrogen and oxygen atoms in total. The largest absolute Gasteiger partial charge is 0.447 e. The third kappa shape index (κ3) is 4.63. The second-order valence-electron chi connectivity index (χ2n) is 9.47. The van der Waals surface area contributed by atoms with Gasteiger partial charge in [-0.15, -0.1) is 0 Å². The van der Waals surface area contributed by atoms with Gasteiger partial charge >= 0.3 is 6.09 Å². The van der Waals surface area contributed by atoms with E-state index in [0.717, 1.165) is 17.7 Å². The van der Waals surface area contributed by atoms with E-state index in [-0.39, 0.29) is 35.9 Å². The maximum Gasteiger partial charge on any atom is 0.416 e. The van der Waals surface area contributed by atoms with Crippen LogP contribution in [0, 0.1) is 5.92 Å². The van der Waals surface area contributed by atoms with Crippen LogP contribution >= 0.6 is 11.6 Å². The lowest BCUT2D eigenvalue weighted by molar-refractivity contribution is -0.133. The molecule has 0 aromatic heterocycles. The number of imide groups is 1. The zero-order valence-electron chi connectivity index (χ0n) is 18.3. The Hall–Kier alpha value is -2.37. The van der Waals surface area contributed by atoms with Crippen molar-refractivity contribution in [1.82, 2.24) is 9.80 Å². The Morgan fingerprint density at radius 2 is 1.74 bits per heavy atom. The molecule has 0 saturated carbocycles. The molecule has 2 amide bonds. The first-order chi connectivity index (χ1) is 14.7. The van der Waals surface area contributed by atoms with Gasteiger partial charge in [-0.05, 0) is 50.5 Å². The summed E-state index contributed by atoms with van der Waals surface area (Å²) < 4.78 is 5.32. The van der Waals surface area contributed by atoms with Crippen LogP contribution in [0.25, 0.3) is 0 Å². The fourth-order valence-electron chi connectivity index (χ4n) is 4.60. The topological polar surface area (TPSA) is 49.9 Å². The second kappa shape index (κ2) is 8.64. The monoisotopic (exact) mass is 440 g/mol. The van der Waals surface area contributed by atoms with Crippen LogP contribution in [0.4, 0.5) is 4.79 Å². The first-order valence-corrected chi connectivity index (χ1v) is 11.2. The number of amides is 2. The third-order valence-corrected chi connectivity index (χ3v) is 6.65. The van der Waals surface area contributed by atoms with E-state index in [2.05, 4.69) is 25.7 Å². The summed E-state index contributed by atoms with van der Waals surface area (Å²) in [5.41, 5.74) is 2.08. The van der Waals surface area contributed by atoms with Crippen LogP contribution in [-0.2, 0) is 16.0 Å². The Bertz CT molecular complexity index is 939. The summed E-state index contributed by atoms with van der Waals surface area (Å²) in [5, 5.41) is 0.670. The molecule has 31 heavy (non-hydrogen) atoms. The molecule has 2 aliphatic rings. The molecule has 0 radical (unpaired) electrons. The lowest BCUT2D eigenvalue weighted by atomic mass is 9.87. The molecule has 2 aliphatic heterocycles. The predicted molar refractivity (Wildman–Crippen MR) is 121 cm³/mol. The molecule has 2 heterocycles. The van der Waals surface area contributed by atoms with Crippen LogP contribution in [0.3, 0.4) is 0 Å². The maximum absolute atomic E-state index is 13.8. The van der Waals surface area contributed by atoms with Crippen molar-refractivity contribution in [2.75, 3.05) is 19.7 Å². The number of nitrogens with zero attached hydrogens (tertiary/aromatic N) is 2. The first-order valence-electron chi connectivity index (χ1n) is 10.8. The van der Waals surface area contributed by atoms with Crippen molar-refractivity contribution in [2.24, 2.45) is 5.92 Å². The van der Waals surface area contributed by atoms with E-state index in [1.807, 2.05) is 54.6 Å². The lowest BCUT2D eigenvalue weighted by Gasteiger charge is -2.32. The predicted octanol–water partition coefficient (Wildman–Crippen LogP) is 4.74. The number of benzene rings is 2. The highest BCUT2D eigenvalue weighted by Gasteiger charge is 2.48. The third-order valence-electron chi connectivity index (χ3n) is 6.40. The zero-order chi connectivity index (χ0) is 22.2. The Labute approximate surface area is 188 Å². The van der Waals surface area contributed by atoms with E-state index in [1.165, 1.54) is 4.90 Å². The second-order valence-corrected chi connectivity index (χ2v) is 9.91. The van der Waals surface area contributed by atoms with E-state index < -0.39 is 6.09 Å². The Morgan fingerprint density at radius 1 is 1.06 bits per heavy atom. The molecule has 0 aliphatic carbocycles. The van der Waals surface area contributed by atoms with Crippen molar-refractivity contribution in [3.63, 3.8) is 0 Å². The highest BCUT2D eigenvalue weighted by molar-refractivity contribution is 6.30. The van der Waals surface area contributed by atoms with Crippen LogP contribution in [0.5, 0.6) is 0 Å². The molecule has 164 valence electrons. The number of likely N-dealkylation sites (tertiary alicyclic amines) is 1. The fraction of sp³-hybridized carbons (Fsp3) is 0.440. The average molecular weight is 441 g/mol. The lowest BCUT2D eigenvalue weighted by Crippen LogP contribution is -2.46. The molecule has 3 atom stereocenters. The van der Waals surface area contributed by atoms with Crippen molar-refractivity contribution in [2.45, 2.75) is 44.7 Å². The summed E-state index contributed by atoms with van der Waals surface area (Å²) in [5.74, 6) is -0.464. The molecule has 0 bridgehead atoms. The van der Waals surface area contributed by atoms with Crippen molar-refractivity contribution < 1.29 is 14.3 Å². The number of hydrogen-bond donors (Lipinski definition) is 0. The first kappa shape index (κ1) is 21.8. The van der Waals surface area contributed by atoms with Gasteiger partial charge in [-0.1, -0.05) is 54.1 Å². The maximum atomic E-state index is 13.8. The van der Waals surface area contributed by atoms with Crippen molar-refractivity contribution in [1.29, 1.82) is 0 Å². The summed E-state index contributed by atoms with van der Waals surface area (Å²) in [6, 6.07) is 17.3. The number of rotatable bonds is 4. The van der Waals surface area contributed by atoms with E-state index >= 15 is 0 Å². The SMILES string of the molecule is CC(C)(C)N1C[C@H](C(=O)N2C(=O)OC[C@@H]2Cc2ccccc2)[C@@H](c2ccc(Cl)cc2)C1. The molecule has 0 unspecified atom stereocenters. The van der Waals surface area contributed by atoms with E-state index in [0.29, 0.717) is 18.0 Å². The molecule has 2 fully saturated rings. The van der Waals surface area contributed by atoms with Crippen molar-refractivity contribution >= 4 is 23.6 Å². The van der Waals surface area contributed by atoms with Crippen LogP contribution in [-0.4, -0.2) is 53.1 Å². The Morgan fingerprint density at radius 3 is 2.39 bits per heavy atom. The number of cyclic esters (lactones) is 1. The molecular formula is C25H29ClN2O3. The van der Waals surface area contributed by atoms with Crippen LogP contribution in [0.15, 0.2) is 54.6 Å². The summed E-state index contributed by atoms with van der Waals surface area (Å²) >= 11 is 6.09. The van der Waals surface area contributed by atoms with Gasteiger partial charge in [0.1, 0.15) is 6.61 Å². The van der Waals surface area contributed by atoms with Gasteiger partial charge in [-0.2, -0.15) is 0 Å². The summed E-state index contributed by atoms with van der Waals surface area (Å²) in [4.78, 5) is 30.0. The van der Waals surface area contributed by atoms with Crippen LogP contribution < -0.4 is 0 Å². The quantitative estimate of drug-likeness (QED) is 0.688. The van der Waals surface area contributed by atoms with Crippen LogP contribution in [0.1, 0.15) is 37.8 Å². The Balaban J connectivity index is 1.61. The molecule has 2 aromatic carbocycles. The van der Waals surface area contributed by atoms with Gasteiger partial charge in [0.2, 0.25) is 5.91 Å². The Kier molecular flexibility index (Phi) is 6.09. The smallest absolute Gasteiger partial charge is 0.416 e. The molecular weight excluding hydrogens is 412 g/mol. The number of hydrogen-bond acceptors (Lipinski definition) is 4. The highest BCUT2D eigenvalue weighted by Crippen LogP contribution is 2.38. The number of ether oxygens (including phenoxy) is 1. The number of carbonyl (C=O) groups excluding carboxylic acids is 2. The normalized spacial score (nSPS) is 24.5. The van der Waals surface area contributed by atoms with E-state index in [4.69, 9.17) is 16.3 Å². The fourth-order valence-corrected chi connectivity index (χ4v) is 4.72. The molecule has 2 saturated heterocycles. The minimum Gasteiger partial charge on any atom is -0.447 e. The highest BCUT2D eigenvalue weighted by atomic mass is 35.5. The van der Waals surface area contributed by atoms with Gasteiger partial charge in [0.25, 0.3) is 0 Å². The van der Waals surface area contributed by atoms with E-state index in [9.17, 15) is 9.59 Å². The molecule has 4 rings (SSSR count). The molecule has 2 aromatic rings. The van der Waals surface area contributed by atoms with Gasteiger partial charge < -0.3 is 4.74 Å². The number of halogens is 1. The van der Waals surface area contributed by atoms with E-state index in [1.54, 1.807) is 0 Å². The van der Waals surface area contributed by atoms with Crippen molar-refractivity contribution in [3.05, 3.63) is 70.7 Å². The summed E-state index contributed by atoms with van der Waals surface area (Å²) in [7, 11) is 0. The molecule has 0 N–H and O–H groups in total. The zero-order valence-corrected chi connectivity index (χ0v) is 19.0. The molecule has 0 spiro atoms. The summed E-state index contributed by atoms with van der Waals surface area (Å²) in [6.07, 6.45) is 0.0645. The standard InChI is InChI=1S/C25H29ClN2O3/c1-25(2,3)27-14-21(18-9-11-19(26)12-10-18)22(15-27)23(29)28-20(16-31-24(28)30)13-17-7-5-4-6-8-17/h4-12,20-22H,13-16H2,1-3H3/t20-,21+,22-/m0/s1. The van der Waals surface area contributed by atoms with Gasteiger partial charge in [-0.3, -0.25) is 9.69 Å². The molecule has 6 heteroatoms. The summed E-state index contributed by atoms with van der Waals surface area (Å²) in [6.45, 7) is 8.06. The minimum absolute atomic E-state index is 0.00485. The van der Waals surface area contributed by atoms with Gasteiger partial charge in [-0.25, -0.2) is 9.69 Å². The van der Waals surface area contributed by atoms with Gasteiger partial charge in [0, 0.05) is 29.6 Å². The van der Waals surface area contributed by atoms with Crippen LogP contribution in [0.2, 0.25) is 5.02 Å².